The third-order valence-electron chi connectivity index (χ3n) is 4.20. The van der Waals surface area contributed by atoms with Crippen molar-refractivity contribution in [3.05, 3.63) is 60.2 Å². The molecule has 2 aromatic carbocycles. The first-order valence-electron chi connectivity index (χ1n) is 9.05. The van der Waals surface area contributed by atoms with Crippen LogP contribution in [-0.2, 0) is 4.79 Å². The second-order valence-corrected chi connectivity index (χ2v) is 6.28. The molecule has 2 amide bonds. The number of unbranched alkanes of at least 4 members (excludes halogenated alkanes) is 3. The van der Waals surface area contributed by atoms with E-state index in [1.54, 1.807) is 36.2 Å². The van der Waals surface area contributed by atoms with E-state index in [-0.39, 0.29) is 24.2 Å². The summed E-state index contributed by atoms with van der Waals surface area (Å²) in [6.45, 7) is 0.699. The van der Waals surface area contributed by atoms with Gasteiger partial charge < -0.3 is 16.0 Å². The van der Waals surface area contributed by atoms with E-state index in [0.29, 0.717) is 24.2 Å². The van der Waals surface area contributed by atoms with Gasteiger partial charge in [0.1, 0.15) is 0 Å². The van der Waals surface area contributed by atoms with Crippen molar-refractivity contribution in [2.75, 3.05) is 23.8 Å². The Kier molecular flexibility index (Phi) is 10.2. The molecular weight excluding hydrogens is 362 g/mol. The molecular formula is C21H28ClN3O2. The van der Waals surface area contributed by atoms with E-state index < -0.39 is 0 Å². The number of benzene rings is 2. The van der Waals surface area contributed by atoms with Gasteiger partial charge in [0.2, 0.25) is 5.91 Å². The van der Waals surface area contributed by atoms with Crippen LogP contribution >= 0.6 is 12.4 Å². The van der Waals surface area contributed by atoms with Gasteiger partial charge in [-0.1, -0.05) is 37.1 Å². The van der Waals surface area contributed by atoms with E-state index in [2.05, 4.69) is 5.32 Å². The molecule has 0 saturated carbocycles. The fraction of sp³-hybridized carbons (Fsp3) is 0.333. The zero-order valence-corrected chi connectivity index (χ0v) is 16.5. The van der Waals surface area contributed by atoms with Crippen LogP contribution in [0.1, 0.15) is 42.5 Å². The monoisotopic (exact) mass is 389 g/mol. The Morgan fingerprint density at radius 2 is 1.67 bits per heavy atom. The number of hydrogen-bond acceptors (Lipinski definition) is 3. The molecule has 6 heteroatoms. The van der Waals surface area contributed by atoms with Crippen LogP contribution in [0.2, 0.25) is 0 Å². The third kappa shape index (κ3) is 7.41. The van der Waals surface area contributed by atoms with Gasteiger partial charge in [0.25, 0.3) is 5.91 Å². The Morgan fingerprint density at radius 1 is 0.963 bits per heavy atom. The van der Waals surface area contributed by atoms with Crippen molar-refractivity contribution in [1.29, 1.82) is 0 Å². The molecule has 0 unspecified atom stereocenters. The Morgan fingerprint density at radius 3 is 2.37 bits per heavy atom. The molecule has 0 heterocycles. The summed E-state index contributed by atoms with van der Waals surface area (Å²) in [6.07, 6.45) is 4.39. The summed E-state index contributed by atoms with van der Waals surface area (Å²) < 4.78 is 0. The van der Waals surface area contributed by atoms with Gasteiger partial charge in [-0.2, -0.15) is 0 Å². The van der Waals surface area contributed by atoms with Crippen LogP contribution < -0.4 is 16.0 Å². The number of para-hydroxylation sites is 1. The minimum atomic E-state index is -0.117. The van der Waals surface area contributed by atoms with Gasteiger partial charge in [0.05, 0.1) is 0 Å². The summed E-state index contributed by atoms with van der Waals surface area (Å²) in [6, 6.07) is 16.5. The van der Waals surface area contributed by atoms with E-state index in [4.69, 9.17) is 5.73 Å². The Bertz CT molecular complexity index is 722. The predicted octanol–water partition coefficient (Wildman–Crippen LogP) is 4.23. The van der Waals surface area contributed by atoms with E-state index in [1.807, 2.05) is 30.3 Å². The molecule has 0 bridgehead atoms. The lowest BCUT2D eigenvalue weighted by atomic mass is 10.1. The molecule has 0 atom stereocenters. The van der Waals surface area contributed by atoms with Crippen LogP contribution in [0, 0.1) is 0 Å². The fourth-order valence-electron chi connectivity index (χ4n) is 2.70. The van der Waals surface area contributed by atoms with E-state index >= 15 is 0 Å². The summed E-state index contributed by atoms with van der Waals surface area (Å²) >= 11 is 0. The van der Waals surface area contributed by atoms with Gasteiger partial charge in [-0.25, -0.2) is 0 Å². The minimum Gasteiger partial charge on any atom is -0.330 e. The highest BCUT2D eigenvalue weighted by Gasteiger charge is 2.14. The quantitative estimate of drug-likeness (QED) is 0.630. The lowest BCUT2D eigenvalue weighted by Gasteiger charge is -2.17. The zero-order valence-electron chi connectivity index (χ0n) is 15.7. The fourth-order valence-corrected chi connectivity index (χ4v) is 2.70. The second-order valence-electron chi connectivity index (χ2n) is 6.28. The second kappa shape index (κ2) is 12.1. The Hall–Kier alpha value is -2.37. The van der Waals surface area contributed by atoms with Crippen molar-refractivity contribution in [2.24, 2.45) is 5.73 Å². The van der Waals surface area contributed by atoms with Crippen LogP contribution in [0.5, 0.6) is 0 Å². The molecule has 0 spiro atoms. The van der Waals surface area contributed by atoms with Crippen LogP contribution in [0.3, 0.4) is 0 Å². The number of nitrogens with one attached hydrogen (secondary N) is 1. The number of rotatable bonds is 9. The first-order chi connectivity index (χ1) is 12.6. The summed E-state index contributed by atoms with van der Waals surface area (Å²) in [5, 5.41) is 2.87. The molecule has 5 nitrogen and oxygen atoms in total. The van der Waals surface area contributed by atoms with Crippen molar-refractivity contribution in [3.63, 3.8) is 0 Å². The molecule has 146 valence electrons. The number of halogens is 1. The first kappa shape index (κ1) is 22.7. The molecule has 3 N–H and O–H groups in total. The highest BCUT2D eigenvalue weighted by Crippen LogP contribution is 2.17. The lowest BCUT2D eigenvalue weighted by molar-refractivity contribution is -0.116. The Balaban J connectivity index is 0.00000364. The smallest absolute Gasteiger partial charge is 0.258 e. The molecule has 27 heavy (non-hydrogen) atoms. The maximum absolute atomic E-state index is 12.7. The average Bonchev–Trinajstić information content (AvgIpc) is 2.67. The molecule has 0 radical (unpaired) electrons. The van der Waals surface area contributed by atoms with Crippen molar-refractivity contribution < 1.29 is 9.59 Å². The Labute approximate surface area is 167 Å². The zero-order chi connectivity index (χ0) is 18.8. The lowest BCUT2D eigenvalue weighted by Crippen LogP contribution is -2.26. The van der Waals surface area contributed by atoms with Crippen molar-refractivity contribution in [3.8, 4) is 0 Å². The van der Waals surface area contributed by atoms with Crippen molar-refractivity contribution in [2.45, 2.75) is 32.1 Å². The highest BCUT2D eigenvalue weighted by atomic mass is 35.5. The van der Waals surface area contributed by atoms with Gasteiger partial charge in [-0.3, -0.25) is 9.59 Å². The molecule has 0 aliphatic carbocycles. The van der Waals surface area contributed by atoms with Crippen LogP contribution in [-0.4, -0.2) is 25.4 Å². The molecule has 2 rings (SSSR count). The van der Waals surface area contributed by atoms with Crippen molar-refractivity contribution in [1.82, 2.24) is 0 Å². The predicted molar refractivity (Wildman–Crippen MR) is 114 cm³/mol. The number of carbonyl (C=O) groups is 2. The number of nitrogens with two attached hydrogens (primary N) is 1. The molecule has 0 saturated heterocycles. The number of carbonyl (C=O) groups excluding carboxylic acids is 2. The third-order valence-corrected chi connectivity index (χ3v) is 4.20. The number of anilines is 2. The minimum absolute atomic E-state index is 0. The van der Waals surface area contributed by atoms with Gasteiger partial charge in [0.15, 0.2) is 0 Å². The van der Waals surface area contributed by atoms with E-state index in [9.17, 15) is 9.59 Å². The molecule has 0 aliphatic heterocycles. The molecule has 0 aliphatic rings. The van der Waals surface area contributed by atoms with E-state index in [0.717, 1.165) is 31.4 Å². The number of nitrogens with zero attached hydrogens (tertiary/aromatic N) is 1. The largest absolute Gasteiger partial charge is 0.330 e. The van der Waals surface area contributed by atoms with Gasteiger partial charge in [0, 0.05) is 30.4 Å². The number of hydrogen-bond donors (Lipinski definition) is 2. The topological polar surface area (TPSA) is 75.4 Å². The first-order valence-corrected chi connectivity index (χ1v) is 9.05. The van der Waals surface area contributed by atoms with Crippen molar-refractivity contribution >= 4 is 35.6 Å². The average molecular weight is 390 g/mol. The molecule has 0 fully saturated rings. The van der Waals surface area contributed by atoms with Crippen LogP contribution in [0.25, 0.3) is 0 Å². The van der Waals surface area contributed by atoms with Crippen LogP contribution in [0.15, 0.2) is 54.6 Å². The standard InChI is InChI=1S/C21H27N3O2.ClH/c1-24(19-12-5-4-6-13-19)21(26)17-10-9-11-18(16-17)23-20(25)14-7-2-3-8-15-22;/h4-6,9-13,16H,2-3,7-8,14-15,22H2,1H3,(H,23,25);1H. The van der Waals surface area contributed by atoms with Crippen LogP contribution in [0.4, 0.5) is 11.4 Å². The van der Waals surface area contributed by atoms with Gasteiger partial charge in [-0.05, 0) is 49.7 Å². The summed E-state index contributed by atoms with van der Waals surface area (Å²) in [5.41, 5.74) is 7.46. The SMILES string of the molecule is CN(C(=O)c1cccc(NC(=O)CCCCCCN)c1)c1ccccc1.Cl. The number of amides is 2. The molecule has 2 aromatic rings. The summed E-state index contributed by atoms with van der Waals surface area (Å²) in [7, 11) is 1.74. The summed E-state index contributed by atoms with van der Waals surface area (Å²) in [5.74, 6) is -0.146. The summed E-state index contributed by atoms with van der Waals surface area (Å²) in [4.78, 5) is 26.3. The molecule has 0 aromatic heterocycles. The highest BCUT2D eigenvalue weighted by molar-refractivity contribution is 6.06. The van der Waals surface area contributed by atoms with Gasteiger partial charge in [-0.15, -0.1) is 12.4 Å². The van der Waals surface area contributed by atoms with Gasteiger partial charge >= 0.3 is 0 Å². The normalized spacial score (nSPS) is 10.0. The van der Waals surface area contributed by atoms with E-state index in [1.165, 1.54) is 0 Å². The maximum atomic E-state index is 12.7. The maximum Gasteiger partial charge on any atom is 0.258 e.